The molecule has 0 amide bonds. The summed E-state index contributed by atoms with van der Waals surface area (Å²) in [6.07, 6.45) is 1.09. The Kier molecular flexibility index (Phi) is 4.48. The van der Waals surface area contributed by atoms with Crippen molar-refractivity contribution < 1.29 is 9.53 Å². The lowest BCUT2D eigenvalue weighted by atomic mass is 9.69. The van der Waals surface area contributed by atoms with Crippen LogP contribution in [0.2, 0.25) is 0 Å². The third-order valence-electron chi connectivity index (χ3n) is 5.77. The first kappa shape index (κ1) is 19.2. The molecule has 7 nitrogen and oxygen atoms in total. The van der Waals surface area contributed by atoms with Crippen molar-refractivity contribution in [1.29, 1.82) is 0 Å². The zero-order chi connectivity index (χ0) is 20.9. The van der Waals surface area contributed by atoms with E-state index in [2.05, 4.69) is 24.1 Å². The molecule has 2 N–H and O–H groups in total. The molecule has 7 heteroatoms. The van der Waals surface area contributed by atoms with Crippen LogP contribution in [0.5, 0.6) is 5.75 Å². The number of fused-ring (bicyclic) bond motifs is 1. The van der Waals surface area contributed by atoms with E-state index >= 15 is 0 Å². The summed E-state index contributed by atoms with van der Waals surface area (Å²) >= 11 is 0. The molecule has 2 aromatic rings. The Morgan fingerprint density at radius 2 is 1.83 bits per heavy atom. The number of hydrogen-bond donors (Lipinski definition) is 2. The zero-order valence-corrected chi connectivity index (χ0v) is 17.1. The van der Waals surface area contributed by atoms with Gasteiger partial charge in [-0.15, -0.1) is 0 Å². The lowest BCUT2D eigenvalue weighted by Crippen LogP contribution is -2.41. The topological polar surface area (TPSA) is 93.2 Å². The van der Waals surface area contributed by atoms with E-state index in [0.717, 1.165) is 11.3 Å². The van der Waals surface area contributed by atoms with Gasteiger partial charge in [0, 0.05) is 30.2 Å². The Labute approximate surface area is 168 Å². The van der Waals surface area contributed by atoms with E-state index in [1.165, 1.54) is 4.57 Å². The number of rotatable bonds is 3. The maximum atomic E-state index is 13.2. The van der Waals surface area contributed by atoms with Gasteiger partial charge in [-0.1, -0.05) is 26.0 Å². The van der Waals surface area contributed by atoms with Crippen LogP contribution in [0.1, 0.15) is 50.7 Å². The molecule has 0 fully saturated rings. The predicted molar refractivity (Wildman–Crippen MR) is 111 cm³/mol. The van der Waals surface area contributed by atoms with Gasteiger partial charge in [-0.3, -0.25) is 19.1 Å². The first-order chi connectivity index (χ1) is 13.8. The van der Waals surface area contributed by atoms with E-state index < -0.39 is 17.2 Å². The summed E-state index contributed by atoms with van der Waals surface area (Å²) in [5.41, 5.74) is 1.53. The third kappa shape index (κ3) is 3.10. The molecule has 2 aliphatic rings. The Morgan fingerprint density at radius 3 is 2.45 bits per heavy atom. The molecule has 0 radical (unpaired) electrons. The molecule has 0 saturated heterocycles. The summed E-state index contributed by atoms with van der Waals surface area (Å²) in [6, 6.07) is 7.38. The fourth-order valence-corrected chi connectivity index (χ4v) is 4.49. The number of Topliss-reactive ketones (excluding diaryl/α,β-unsaturated/α-hetero) is 1. The molecule has 29 heavy (non-hydrogen) atoms. The molecule has 4 rings (SSSR count). The van der Waals surface area contributed by atoms with E-state index in [-0.39, 0.29) is 11.2 Å². The predicted octanol–water partition coefficient (Wildman–Crippen LogP) is 2.77. The zero-order valence-electron chi connectivity index (χ0n) is 17.1. The minimum Gasteiger partial charge on any atom is -0.497 e. The fraction of sp³-hybridized carbons (Fsp3) is 0.409. The molecular weight excluding hydrogens is 370 g/mol. The standard InChI is InChI=1S/C22H25N3O4/c1-5-25-19-18(20(27)24-21(25)28)16(12-6-8-13(29-4)9-7-12)17-14(23-19)10-22(2,3)11-15(17)26/h6-9,16,23H,5,10-11H2,1-4H3,(H,24,27,28)/t16-/m0/s1. The van der Waals surface area contributed by atoms with Crippen molar-refractivity contribution in [3.63, 3.8) is 0 Å². The number of aromatic nitrogens is 2. The number of methoxy groups -OCH3 is 1. The van der Waals surface area contributed by atoms with Crippen LogP contribution in [-0.4, -0.2) is 22.4 Å². The quantitative estimate of drug-likeness (QED) is 0.834. The average Bonchev–Trinajstić information content (AvgIpc) is 2.66. The summed E-state index contributed by atoms with van der Waals surface area (Å²) in [6.45, 7) is 6.36. The van der Waals surface area contributed by atoms with Gasteiger partial charge in [0.25, 0.3) is 5.56 Å². The number of hydrogen-bond acceptors (Lipinski definition) is 5. The van der Waals surface area contributed by atoms with Crippen LogP contribution in [0, 0.1) is 5.41 Å². The highest BCUT2D eigenvalue weighted by atomic mass is 16.5. The smallest absolute Gasteiger partial charge is 0.329 e. The number of nitrogens with zero attached hydrogens (tertiary/aromatic N) is 1. The summed E-state index contributed by atoms with van der Waals surface area (Å²) in [5, 5.41) is 3.29. The van der Waals surface area contributed by atoms with E-state index in [9.17, 15) is 14.4 Å². The number of benzene rings is 1. The fourth-order valence-electron chi connectivity index (χ4n) is 4.49. The highest BCUT2D eigenvalue weighted by Crippen LogP contribution is 2.47. The first-order valence-corrected chi connectivity index (χ1v) is 9.80. The number of carbonyl (C=O) groups is 1. The van der Waals surface area contributed by atoms with Crippen molar-refractivity contribution in [3.05, 3.63) is 67.5 Å². The van der Waals surface area contributed by atoms with Gasteiger partial charge in [-0.25, -0.2) is 4.79 Å². The Hall–Kier alpha value is -3.09. The highest BCUT2D eigenvalue weighted by molar-refractivity contribution is 6.01. The molecule has 0 bridgehead atoms. The molecule has 2 heterocycles. The second-order valence-corrected chi connectivity index (χ2v) is 8.43. The van der Waals surface area contributed by atoms with Gasteiger partial charge >= 0.3 is 5.69 Å². The Balaban J connectivity index is 2.02. The van der Waals surface area contributed by atoms with Gasteiger partial charge < -0.3 is 10.1 Å². The molecule has 0 spiro atoms. The van der Waals surface area contributed by atoms with Crippen LogP contribution in [0.15, 0.2) is 45.1 Å². The van der Waals surface area contributed by atoms with Crippen molar-refractivity contribution in [1.82, 2.24) is 9.55 Å². The van der Waals surface area contributed by atoms with Gasteiger partial charge in [-0.2, -0.15) is 0 Å². The molecule has 1 aromatic heterocycles. The number of ketones is 1. The SMILES string of the molecule is CCn1c2c(c(=O)[nH]c1=O)[C@@H](c1ccc(OC)cc1)C1=C(CC(C)(C)CC1=O)N2. The second kappa shape index (κ2) is 6.76. The number of carbonyl (C=O) groups excluding carboxylic acids is 1. The van der Waals surface area contributed by atoms with E-state index in [0.29, 0.717) is 42.1 Å². The molecule has 0 unspecified atom stereocenters. The number of allylic oxidation sites excluding steroid dienone is 2. The van der Waals surface area contributed by atoms with Crippen molar-refractivity contribution in [3.8, 4) is 5.75 Å². The first-order valence-electron chi connectivity index (χ1n) is 9.80. The maximum absolute atomic E-state index is 13.2. The van der Waals surface area contributed by atoms with Crippen LogP contribution in [-0.2, 0) is 11.3 Å². The lowest BCUT2D eigenvalue weighted by molar-refractivity contribution is -0.118. The van der Waals surface area contributed by atoms with Gasteiger partial charge in [0.2, 0.25) is 0 Å². The van der Waals surface area contributed by atoms with Crippen molar-refractivity contribution in [2.45, 2.75) is 46.1 Å². The normalized spacial score (nSPS) is 20.0. The van der Waals surface area contributed by atoms with Gasteiger partial charge in [-0.05, 0) is 36.5 Å². The molecule has 1 aliphatic heterocycles. The number of H-pyrrole nitrogens is 1. The molecule has 1 aliphatic carbocycles. The molecule has 1 aromatic carbocycles. The summed E-state index contributed by atoms with van der Waals surface area (Å²) in [7, 11) is 1.59. The molecule has 152 valence electrons. The number of aromatic amines is 1. The summed E-state index contributed by atoms with van der Waals surface area (Å²) < 4.78 is 6.77. The van der Waals surface area contributed by atoms with Gasteiger partial charge in [0.1, 0.15) is 11.6 Å². The maximum Gasteiger partial charge on any atom is 0.329 e. The van der Waals surface area contributed by atoms with Crippen molar-refractivity contribution in [2.24, 2.45) is 5.41 Å². The monoisotopic (exact) mass is 395 g/mol. The average molecular weight is 395 g/mol. The molecular formula is C22H25N3O4. The minimum absolute atomic E-state index is 0.0314. The summed E-state index contributed by atoms with van der Waals surface area (Å²) in [5.74, 6) is 0.675. The molecule has 0 saturated carbocycles. The van der Waals surface area contributed by atoms with E-state index in [1.807, 2.05) is 31.2 Å². The lowest BCUT2D eigenvalue weighted by Gasteiger charge is -2.39. The van der Waals surface area contributed by atoms with E-state index in [1.54, 1.807) is 7.11 Å². The van der Waals surface area contributed by atoms with Crippen molar-refractivity contribution >= 4 is 11.6 Å². The Bertz CT molecular complexity index is 1140. The van der Waals surface area contributed by atoms with Crippen LogP contribution in [0.4, 0.5) is 5.82 Å². The van der Waals surface area contributed by atoms with Crippen molar-refractivity contribution in [2.75, 3.05) is 12.4 Å². The van der Waals surface area contributed by atoms with Crippen LogP contribution < -0.4 is 21.3 Å². The van der Waals surface area contributed by atoms with Crippen LogP contribution in [0.3, 0.4) is 0 Å². The largest absolute Gasteiger partial charge is 0.497 e. The minimum atomic E-state index is -0.530. The number of ether oxygens (including phenoxy) is 1. The van der Waals surface area contributed by atoms with Gasteiger partial charge in [0.05, 0.1) is 12.7 Å². The van der Waals surface area contributed by atoms with Crippen LogP contribution >= 0.6 is 0 Å². The molecule has 1 atom stereocenters. The highest BCUT2D eigenvalue weighted by Gasteiger charge is 2.42. The second-order valence-electron chi connectivity index (χ2n) is 8.43. The summed E-state index contributed by atoms with van der Waals surface area (Å²) in [4.78, 5) is 40.9. The van der Waals surface area contributed by atoms with Gasteiger partial charge in [0.15, 0.2) is 5.78 Å². The van der Waals surface area contributed by atoms with E-state index in [4.69, 9.17) is 4.74 Å². The third-order valence-corrected chi connectivity index (χ3v) is 5.77. The van der Waals surface area contributed by atoms with Crippen LogP contribution in [0.25, 0.3) is 0 Å². The number of anilines is 1. The number of nitrogens with one attached hydrogen (secondary N) is 2. The Morgan fingerprint density at radius 1 is 1.14 bits per heavy atom.